The molecular formula is C10H9BrO. The third-order valence-corrected chi connectivity index (χ3v) is 2.56. The number of allylic oxidation sites excluding steroid dienone is 1. The van der Waals surface area contributed by atoms with Crippen molar-refractivity contribution in [3.05, 3.63) is 39.9 Å². The monoisotopic (exact) mass is 224 g/mol. The maximum atomic E-state index is 5.23. The topological polar surface area (TPSA) is 9.23 Å². The molecule has 0 amide bonds. The van der Waals surface area contributed by atoms with Gasteiger partial charge in [-0.2, -0.15) is 0 Å². The SMILES string of the molecule is COC1=CCc2ccc(Br)cc21. The second-order valence-corrected chi connectivity index (χ2v) is 3.69. The van der Waals surface area contributed by atoms with Gasteiger partial charge in [0.25, 0.3) is 0 Å². The lowest BCUT2D eigenvalue weighted by molar-refractivity contribution is 0.371. The van der Waals surface area contributed by atoms with Gasteiger partial charge in [0.15, 0.2) is 0 Å². The Morgan fingerprint density at radius 2 is 2.25 bits per heavy atom. The molecule has 0 N–H and O–H groups in total. The fourth-order valence-electron chi connectivity index (χ4n) is 1.46. The van der Waals surface area contributed by atoms with Gasteiger partial charge in [-0.3, -0.25) is 0 Å². The lowest BCUT2D eigenvalue weighted by Crippen LogP contribution is -1.85. The maximum Gasteiger partial charge on any atom is 0.122 e. The second kappa shape index (κ2) is 2.94. The Hall–Kier alpha value is -0.760. The molecule has 62 valence electrons. The van der Waals surface area contributed by atoms with Crippen LogP contribution in [0.15, 0.2) is 28.7 Å². The minimum Gasteiger partial charge on any atom is -0.496 e. The Labute approximate surface area is 80.2 Å². The molecule has 0 fully saturated rings. The molecule has 0 radical (unpaired) electrons. The number of ether oxygens (including phenoxy) is 1. The first-order valence-electron chi connectivity index (χ1n) is 3.84. The van der Waals surface area contributed by atoms with Crippen molar-refractivity contribution in [3.8, 4) is 0 Å². The molecule has 0 aliphatic heterocycles. The lowest BCUT2D eigenvalue weighted by Gasteiger charge is -2.03. The number of hydrogen-bond donors (Lipinski definition) is 0. The average molecular weight is 225 g/mol. The molecule has 0 spiro atoms. The number of methoxy groups -OCH3 is 1. The first-order valence-corrected chi connectivity index (χ1v) is 4.63. The number of benzene rings is 1. The molecule has 1 aliphatic carbocycles. The van der Waals surface area contributed by atoms with Crippen LogP contribution >= 0.6 is 15.9 Å². The number of halogens is 1. The molecular weight excluding hydrogens is 216 g/mol. The smallest absolute Gasteiger partial charge is 0.122 e. The molecule has 1 aliphatic rings. The fraction of sp³-hybridized carbons (Fsp3) is 0.200. The van der Waals surface area contributed by atoms with E-state index in [-0.39, 0.29) is 0 Å². The van der Waals surface area contributed by atoms with Crippen molar-refractivity contribution in [2.24, 2.45) is 0 Å². The van der Waals surface area contributed by atoms with Crippen molar-refractivity contribution in [2.75, 3.05) is 7.11 Å². The summed E-state index contributed by atoms with van der Waals surface area (Å²) in [4.78, 5) is 0. The summed E-state index contributed by atoms with van der Waals surface area (Å²) in [7, 11) is 1.71. The first-order chi connectivity index (χ1) is 5.81. The van der Waals surface area contributed by atoms with Crippen LogP contribution in [0.5, 0.6) is 0 Å². The molecule has 0 saturated carbocycles. The van der Waals surface area contributed by atoms with Crippen LogP contribution < -0.4 is 0 Å². The molecule has 2 heteroatoms. The molecule has 2 rings (SSSR count). The van der Waals surface area contributed by atoms with Crippen LogP contribution in [-0.4, -0.2) is 7.11 Å². The lowest BCUT2D eigenvalue weighted by atomic mass is 10.1. The van der Waals surface area contributed by atoms with E-state index < -0.39 is 0 Å². The van der Waals surface area contributed by atoms with Crippen molar-refractivity contribution >= 4 is 21.7 Å². The zero-order chi connectivity index (χ0) is 8.55. The maximum absolute atomic E-state index is 5.23. The van der Waals surface area contributed by atoms with Crippen molar-refractivity contribution in [1.29, 1.82) is 0 Å². The van der Waals surface area contributed by atoms with Gasteiger partial charge in [0.1, 0.15) is 5.76 Å². The molecule has 1 aromatic carbocycles. The van der Waals surface area contributed by atoms with Crippen LogP contribution in [0.3, 0.4) is 0 Å². The van der Waals surface area contributed by atoms with E-state index in [2.05, 4.69) is 40.2 Å². The highest BCUT2D eigenvalue weighted by molar-refractivity contribution is 9.10. The minimum atomic E-state index is 0.992. The Balaban J connectivity index is 2.50. The van der Waals surface area contributed by atoms with E-state index in [9.17, 15) is 0 Å². The van der Waals surface area contributed by atoms with E-state index in [4.69, 9.17) is 4.74 Å². The molecule has 0 bridgehead atoms. The van der Waals surface area contributed by atoms with E-state index >= 15 is 0 Å². The summed E-state index contributed by atoms with van der Waals surface area (Å²) in [5.41, 5.74) is 2.56. The minimum absolute atomic E-state index is 0.992. The Morgan fingerprint density at radius 3 is 3.00 bits per heavy atom. The van der Waals surface area contributed by atoms with Crippen molar-refractivity contribution < 1.29 is 4.74 Å². The zero-order valence-electron chi connectivity index (χ0n) is 6.80. The number of rotatable bonds is 1. The molecule has 0 saturated heterocycles. The predicted octanol–water partition coefficient (Wildman–Crippen LogP) is 2.99. The normalized spacial score (nSPS) is 14.0. The molecule has 0 unspecified atom stereocenters. The summed E-state index contributed by atoms with van der Waals surface area (Å²) >= 11 is 3.44. The standard InChI is InChI=1S/C10H9BrO/c1-12-10-5-3-7-2-4-8(11)6-9(7)10/h2,4-6H,3H2,1H3. The van der Waals surface area contributed by atoms with Gasteiger partial charge in [0.05, 0.1) is 7.11 Å². The van der Waals surface area contributed by atoms with E-state index in [1.165, 1.54) is 11.1 Å². The quantitative estimate of drug-likeness (QED) is 0.713. The van der Waals surface area contributed by atoms with Crippen molar-refractivity contribution in [2.45, 2.75) is 6.42 Å². The van der Waals surface area contributed by atoms with Crippen LogP contribution in [0.25, 0.3) is 5.76 Å². The second-order valence-electron chi connectivity index (χ2n) is 2.78. The predicted molar refractivity (Wildman–Crippen MR) is 52.8 cm³/mol. The summed E-state index contributed by atoms with van der Waals surface area (Å²) in [5, 5.41) is 0. The van der Waals surface area contributed by atoms with E-state index in [0.717, 1.165) is 16.7 Å². The zero-order valence-corrected chi connectivity index (χ0v) is 8.39. The van der Waals surface area contributed by atoms with Crippen LogP contribution in [0.2, 0.25) is 0 Å². The molecule has 0 heterocycles. The molecule has 12 heavy (non-hydrogen) atoms. The van der Waals surface area contributed by atoms with Crippen molar-refractivity contribution in [3.63, 3.8) is 0 Å². The fourth-order valence-corrected chi connectivity index (χ4v) is 1.82. The van der Waals surface area contributed by atoms with Crippen LogP contribution in [-0.2, 0) is 11.2 Å². The molecule has 1 nitrogen and oxygen atoms in total. The van der Waals surface area contributed by atoms with Gasteiger partial charge < -0.3 is 4.74 Å². The Bertz CT molecular complexity index is 342. The van der Waals surface area contributed by atoms with Gasteiger partial charge in [0.2, 0.25) is 0 Å². The van der Waals surface area contributed by atoms with Crippen LogP contribution in [0.1, 0.15) is 11.1 Å². The highest BCUT2D eigenvalue weighted by Gasteiger charge is 2.13. The summed E-state index contributed by atoms with van der Waals surface area (Å²) in [6, 6.07) is 6.28. The number of fused-ring (bicyclic) bond motifs is 1. The van der Waals surface area contributed by atoms with Crippen LogP contribution in [0.4, 0.5) is 0 Å². The highest BCUT2D eigenvalue weighted by Crippen LogP contribution is 2.29. The van der Waals surface area contributed by atoms with Gasteiger partial charge in [-0.1, -0.05) is 22.0 Å². The summed E-state index contributed by atoms with van der Waals surface area (Å²) in [6.07, 6.45) is 3.10. The summed E-state index contributed by atoms with van der Waals surface area (Å²) in [5.74, 6) is 0.992. The van der Waals surface area contributed by atoms with Gasteiger partial charge in [0, 0.05) is 10.0 Å². The van der Waals surface area contributed by atoms with E-state index in [1.807, 2.05) is 0 Å². The molecule has 0 atom stereocenters. The van der Waals surface area contributed by atoms with Crippen molar-refractivity contribution in [1.82, 2.24) is 0 Å². The Morgan fingerprint density at radius 1 is 1.42 bits per heavy atom. The van der Waals surface area contributed by atoms with Gasteiger partial charge >= 0.3 is 0 Å². The van der Waals surface area contributed by atoms with Gasteiger partial charge in [-0.15, -0.1) is 0 Å². The highest BCUT2D eigenvalue weighted by atomic mass is 79.9. The summed E-state index contributed by atoms with van der Waals surface area (Å²) < 4.78 is 6.34. The van der Waals surface area contributed by atoms with E-state index in [0.29, 0.717) is 0 Å². The third kappa shape index (κ3) is 1.16. The first kappa shape index (κ1) is 7.87. The third-order valence-electron chi connectivity index (χ3n) is 2.06. The average Bonchev–Trinajstić information content (AvgIpc) is 2.46. The van der Waals surface area contributed by atoms with Gasteiger partial charge in [-0.25, -0.2) is 0 Å². The van der Waals surface area contributed by atoms with Gasteiger partial charge in [-0.05, 0) is 30.2 Å². The molecule has 1 aromatic rings. The van der Waals surface area contributed by atoms with Crippen LogP contribution in [0, 0.1) is 0 Å². The molecule has 0 aromatic heterocycles. The number of hydrogen-bond acceptors (Lipinski definition) is 1. The van der Waals surface area contributed by atoms with E-state index in [1.54, 1.807) is 7.11 Å². The largest absolute Gasteiger partial charge is 0.496 e. The summed E-state index contributed by atoms with van der Waals surface area (Å²) in [6.45, 7) is 0. The Kier molecular flexibility index (Phi) is 1.93.